The highest BCUT2D eigenvalue weighted by Crippen LogP contribution is 2.19. The number of allylic oxidation sites excluding steroid dienone is 2. The van der Waals surface area contributed by atoms with Crippen LogP contribution in [0.25, 0.3) is 0 Å². The second-order valence-corrected chi connectivity index (χ2v) is 2.94. The Hall–Kier alpha value is -0.240. The molecule has 0 aromatic heterocycles. The summed E-state index contributed by atoms with van der Waals surface area (Å²) in [4.78, 5) is 11.1. The summed E-state index contributed by atoms with van der Waals surface area (Å²) in [5.41, 5.74) is 0. The first kappa shape index (κ1) is 8.76. The molecule has 0 rings (SSSR count). The first-order valence-corrected chi connectivity index (χ1v) is 4.14. The lowest BCUT2D eigenvalue weighted by Gasteiger charge is -2.04. The van der Waals surface area contributed by atoms with Crippen LogP contribution < -0.4 is 0 Å². The van der Waals surface area contributed by atoms with Crippen molar-refractivity contribution in [1.29, 1.82) is 0 Å². The second kappa shape index (κ2) is 4.62. The fraction of sp³-hybridized carbons (Fsp3) is 0.571. The van der Waals surface area contributed by atoms with Gasteiger partial charge in [0.2, 0.25) is 0 Å². The molecule has 0 aromatic carbocycles. The Morgan fingerprint density at radius 1 is 1.56 bits per heavy atom. The lowest BCUT2D eigenvalue weighted by Crippen LogP contribution is -1.88. The summed E-state index contributed by atoms with van der Waals surface area (Å²) in [5, 5.41) is 0. The van der Waals surface area contributed by atoms with Gasteiger partial charge in [-0.15, -0.1) is 11.8 Å². The lowest BCUT2D eigenvalue weighted by atomic mass is 10.2. The molecule has 0 fully saturated rings. The van der Waals surface area contributed by atoms with Gasteiger partial charge in [0.25, 0.3) is 0 Å². The third kappa shape index (κ3) is 3.36. The molecule has 0 unspecified atom stereocenters. The second-order valence-electron chi connectivity index (χ2n) is 2.06. The van der Waals surface area contributed by atoms with E-state index in [0.29, 0.717) is 5.92 Å². The fourth-order valence-corrected chi connectivity index (χ4v) is 1.23. The summed E-state index contributed by atoms with van der Waals surface area (Å²) in [6, 6.07) is 0. The van der Waals surface area contributed by atoms with Crippen molar-refractivity contribution in [2.45, 2.75) is 13.8 Å². The van der Waals surface area contributed by atoms with Crippen LogP contribution in [-0.2, 0) is 4.79 Å². The summed E-state index contributed by atoms with van der Waals surface area (Å²) in [5.74, 6) is 0.477. The summed E-state index contributed by atoms with van der Waals surface area (Å²) >= 11 is 1.63. The summed E-state index contributed by atoms with van der Waals surface area (Å²) in [6.07, 6.45) is 4.44. The van der Waals surface area contributed by atoms with Gasteiger partial charge in [-0.3, -0.25) is 4.79 Å². The molecule has 0 aliphatic heterocycles. The molecule has 0 aliphatic rings. The highest BCUT2D eigenvalue weighted by Gasteiger charge is 1.98. The molecule has 0 aliphatic carbocycles. The molecule has 0 saturated carbocycles. The predicted octanol–water partition coefficient (Wildman–Crippen LogP) is 2.09. The molecule has 2 heteroatoms. The minimum Gasteiger partial charge on any atom is -0.299 e. The highest BCUT2D eigenvalue weighted by atomic mass is 32.2. The molecule has 0 heterocycles. The molecular weight excluding hydrogens is 132 g/mol. The monoisotopic (exact) mass is 144 g/mol. The van der Waals surface area contributed by atoms with Crippen molar-refractivity contribution < 1.29 is 4.79 Å². The van der Waals surface area contributed by atoms with Gasteiger partial charge in [0.15, 0.2) is 0 Å². The number of hydrogen-bond acceptors (Lipinski definition) is 2. The highest BCUT2D eigenvalue weighted by molar-refractivity contribution is 8.02. The van der Waals surface area contributed by atoms with E-state index in [4.69, 9.17) is 0 Å². The molecule has 52 valence electrons. The Balaban J connectivity index is 3.96. The zero-order valence-corrected chi connectivity index (χ0v) is 6.87. The minimum absolute atomic E-state index is 0.477. The van der Waals surface area contributed by atoms with Crippen LogP contribution in [0.2, 0.25) is 0 Å². The van der Waals surface area contributed by atoms with Crippen molar-refractivity contribution in [3.8, 4) is 0 Å². The van der Waals surface area contributed by atoms with Gasteiger partial charge in [-0.05, 0) is 23.2 Å². The zero-order valence-electron chi connectivity index (χ0n) is 6.05. The third-order valence-electron chi connectivity index (χ3n) is 1.04. The van der Waals surface area contributed by atoms with E-state index in [1.165, 1.54) is 0 Å². The quantitative estimate of drug-likeness (QED) is 0.445. The van der Waals surface area contributed by atoms with Crippen molar-refractivity contribution in [2.75, 3.05) is 6.26 Å². The van der Waals surface area contributed by atoms with Gasteiger partial charge in [-0.2, -0.15) is 0 Å². The Kier molecular flexibility index (Phi) is 4.50. The van der Waals surface area contributed by atoms with Gasteiger partial charge in [-0.25, -0.2) is 0 Å². The summed E-state index contributed by atoms with van der Waals surface area (Å²) in [7, 11) is 0. The first-order chi connectivity index (χ1) is 4.22. The Labute approximate surface area is 60.5 Å². The number of hydrogen-bond donors (Lipinski definition) is 0. The van der Waals surface area contributed by atoms with Crippen LogP contribution in [0.1, 0.15) is 13.8 Å². The molecule has 0 radical (unpaired) electrons. The molecule has 0 N–H and O–H groups in total. The minimum atomic E-state index is 0.477. The van der Waals surface area contributed by atoms with E-state index in [-0.39, 0.29) is 0 Å². The van der Waals surface area contributed by atoms with Crippen LogP contribution in [0, 0.1) is 5.92 Å². The van der Waals surface area contributed by atoms with Gasteiger partial charge in [0.1, 0.15) is 6.29 Å². The molecule has 0 amide bonds. The van der Waals surface area contributed by atoms with E-state index < -0.39 is 0 Å². The zero-order chi connectivity index (χ0) is 7.28. The third-order valence-corrected chi connectivity index (χ3v) is 2.12. The molecule has 0 saturated heterocycles. The normalized spacial score (nSPS) is 12.2. The van der Waals surface area contributed by atoms with Gasteiger partial charge < -0.3 is 0 Å². The Morgan fingerprint density at radius 2 is 2.11 bits per heavy atom. The van der Waals surface area contributed by atoms with Crippen molar-refractivity contribution in [1.82, 2.24) is 0 Å². The van der Waals surface area contributed by atoms with Crippen molar-refractivity contribution in [3.05, 3.63) is 11.0 Å². The molecule has 0 aromatic rings. The molecule has 0 bridgehead atoms. The first-order valence-electron chi connectivity index (χ1n) is 2.91. The standard InChI is InChI=1S/C7H12OS/c1-6(2)7(9-3)4-5-8/h4-6H,1-3H3/b7-4-. The van der Waals surface area contributed by atoms with E-state index in [2.05, 4.69) is 13.8 Å². The number of carbonyl (C=O) groups excluding carboxylic acids is 1. The van der Waals surface area contributed by atoms with Gasteiger partial charge in [0, 0.05) is 0 Å². The van der Waals surface area contributed by atoms with Gasteiger partial charge in [0.05, 0.1) is 0 Å². The van der Waals surface area contributed by atoms with Gasteiger partial charge >= 0.3 is 0 Å². The Morgan fingerprint density at radius 3 is 2.22 bits per heavy atom. The van der Waals surface area contributed by atoms with Crippen LogP contribution in [0.3, 0.4) is 0 Å². The average molecular weight is 144 g/mol. The Bertz CT molecular complexity index is 116. The molecule has 0 spiro atoms. The van der Waals surface area contributed by atoms with E-state index in [1.807, 2.05) is 6.26 Å². The van der Waals surface area contributed by atoms with Crippen molar-refractivity contribution in [3.63, 3.8) is 0 Å². The fourth-order valence-electron chi connectivity index (χ4n) is 0.563. The molecule has 1 nitrogen and oxygen atoms in total. The SMILES string of the molecule is CS/C(=C\C=O)C(C)C. The lowest BCUT2D eigenvalue weighted by molar-refractivity contribution is -0.104. The maximum absolute atomic E-state index is 9.99. The molecule has 0 atom stereocenters. The van der Waals surface area contributed by atoms with Crippen molar-refractivity contribution in [2.24, 2.45) is 5.92 Å². The van der Waals surface area contributed by atoms with E-state index in [9.17, 15) is 4.79 Å². The van der Waals surface area contributed by atoms with E-state index in [1.54, 1.807) is 17.8 Å². The van der Waals surface area contributed by atoms with Crippen LogP contribution in [0.15, 0.2) is 11.0 Å². The summed E-state index contributed by atoms with van der Waals surface area (Å²) < 4.78 is 0. The topological polar surface area (TPSA) is 17.1 Å². The van der Waals surface area contributed by atoms with Crippen molar-refractivity contribution >= 4 is 18.0 Å². The smallest absolute Gasteiger partial charge is 0.143 e. The van der Waals surface area contributed by atoms with Crippen LogP contribution in [-0.4, -0.2) is 12.5 Å². The average Bonchev–Trinajstić information content (AvgIpc) is 1.82. The van der Waals surface area contributed by atoms with E-state index >= 15 is 0 Å². The molecular formula is C7H12OS. The number of thioether (sulfide) groups is 1. The number of carbonyl (C=O) groups is 1. The maximum Gasteiger partial charge on any atom is 0.143 e. The van der Waals surface area contributed by atoms with E-state index in [0.717, 1.165) is 11.2 Å². The largest absolute Gasteiger partial charge is 0.299 e. The van der Waals surface area contributed by atoms with Crippen LogP contribution >= 0.6 is 11.8 Å². The predicted molar refractivity (Wildman–Crippen MR) is 42.5 cm³/mol. The number of rotatable bonds is 3. The summed E-state index contributed by atoms with van der Waals surface area (Å²) in [6.45, 7) is 4.15. The number of aldehydes is 1. The van der Waals surface area contributed by atoms with Crippen LogP contribution in [0.4, 0.5) is 0 Å². The van der Waals surface area contributed by atoms with Crippen LogP contribution in [0.5, 0.6) is 0 Å². The maximum atomic E-state index is 9.99. The molecule has 9 heavy (non-hydrogen) atoms. The van der Waals surface area contributed by atoms with Gasteiger partial charge in [-0.1, -0.05) is 13.8 Å².